The highest BCUT2D eigenvalue weighted by Crippen LogP contribution is 2.19. The molecule has 1 aromatic heterocycles. The molecule has 1 saturated heterocycles. The van der Waals surface area contributed by atoms with Crippen LogP contribution in [-0.2, 0) is 0 Å². The summed E-state index contributed by atoms with van der Waals surface area (Å²) < 4.78 is 1.76. The molecule has 2 aromatic rings. The van der Waals surface area contributed by atoms with Crippen molar-refractivity contribution in [1.29, 1.82) is 0 Å². The lowest BCUT2D eigenvalue weighted by atomic mass is 10.1. The summed E-state index contributed by atoms with van der Waals surface area (Å²) in [5, 5.41) is 17.1. The van der Waals surface area contributed by atoms with Gasteiger partial charge in [-0.3, -0.25) is 9.59 Å². The second-order valence-corrected chi connectivity index (χ2v) is 7.17. The summed E-state index contributed by atoms with van der Waals surface area (Å²) in [7, 11) is 0. The van der Waals surface area contributed by atoms with E-state index in [4.69, 9.17) is 0 Å². The van der Waals surface area contributed by atoms with E-state index in [1.807, 2.05) is 13.8 Å². The normalized spacial score (nSPS) is 14.4. The van der Waals surface area contributed by atoms with Crippen LogP contribution in [0.5, 0.6) is 0 Å². The molecule has 0 bridgehead atoms. The number of hydrogen-bond acceptors (Lipinski definition) is 5. The third-order valence-corrected chi connectivity index (χ3v) is 4.52. The second-order valence-electron chi connectivity index (χ2n) is 7.17. The van der Waals surface area contributed by atoms with Crippen molar-refractivity contribution in [2.75, 3.05) is 25.0 Å². The van der Waals surface area contributed by atoms with Crippen molar-refractivity contribution < 1.29 is 9.59 Å². The Kier molecular flexibility index (Phi) is 7.95. The Labute approximate surface area is 170 Å². The number of para-hydroxylation sites is 1. The van der Waals surface area contributed by atoms with Gasteiger partial charge in [0.2, 0.25) is 0 Å². The van der Waals surface area contributed by atoms with Crippen LogP contribution in [0.2, 0.25) is 0 Å². The maximum atomic E-state index is 12.6. The van der Waals surface area contributed by atoms with Gasteiger partial charge in [-0.25, -0.2) is 4.68 Å². The van der Waals surface area contributed by atoms with Crippen LogP contribution < -0.4 is 16.0 Å². The average Bonchev–Trinajstić information content (AvgIpc) is 3.17. The summed E-state index contributed by atoms with van der Waals surface area (Å²) in [4.78, 5) is 25.0. The van der Waals surface area contributed by atoms with Crippen LogP contribution in [0.15, 0.2) is 30.5 Å². The van der Waals surface area contributed by atoms with E-state index < -0.39 is 0 Å². The molecule has 0 atom stereocenters. The van der Waals surface area contributed by atoms with E-state index in [9.17, 15) is 9.59 Å². The van der Waals surface area contributed by atoms with Crippen molar-refractivity contribution in [3.05, 3.63) is 41.7 Å². The molecule has 0 saturated carbocycles. The number of anilines is 1. The van der Waals surface area contributed by atoms with Gasteiger partial charge >= 0.3 is 0 Å². The lowest BCUT2D eigenvalue weighted by Crippen LogP contribution is -2.29. The summed E-state index contributed by atoms with van der Waals surface area (Å²) in [6.07, 6.45) is 3.60. The van der Waals surface area contributed by atoms with Crippen molar-refractivity contribution in [3.63, 3.8) is 0 Å². The fourth-order valence-corrected chi connectivity index (χ4v) is 3.00. The minimum atomic E-state index is -0.376. The Morgan fingerprint density at radius 2 is 1.93 bits per heavy atom. The van der Waals surface area contributed by atoms with Gasteiger partial charge in [0.25, 0.3) is 11.8 Å². The highest BCUT2D eigenvalue weighted by molar-refractivity contribution is 6.08. The van der Waals surface area contributed by atoms with Crippen molar-refractivity contribution >= 4 is 29.9 Å². The molecule has 2 amide bonds. The SMILES string of the molecule is CC(C)CNC(=O)c1ccccc1NC(=O)c1cn(C2CCNCC2)nn1.Cl. The van der Waals surface area contributed by atoms with Crippen molar-refractivity contribution in [2.24, 2.45) is 5.92 Å². The molecule has 1 aliphatic rings. The number of piperidine rings is 1. The van der Waals surface area contributed by atoms with E-state index in [0.29, 0.717) is 23.7 Å². The van der Waals surface area contributed by atoms with Crippen molar-refractivity contribution in [3.8, 4) is 0 Å². The predicted molar refractivity (Wildman–Crippen MR) is 110 cm³/mol. The van der Waals surface area contributed by atoms with Crippen LogP contribution >= 0.6 is 12.4 Å². The maximum absolute atomic E-state index is 12.6. The summed E-state index contributed by atoms with van der Waals surface area (Å²) in [5.41, 5.74) is 1.13. The van der Waals surface area contributed by atoms with E-state index in [1.165, 1.54) is 0 Å². The largest absolute Gasteiger partial charge is 0.352 e. The highest BCUT2D eigenvalue weighted by Gasteiger charge is 2.20. The molecule has 0 aliphatic carbocycles. The molecule has 0 radical (unpaired) electrons. The third kappa shape index (κ3) is 5.53. The Balaban J connectivity index is 0.00000280. The van der Waals surface area contributed by atoms with E-state index in [0.717, 1.165) is 25.9 Å². The van der Waals surface area contributed by atoms with E-state index in [-0.39, 0.29) is 36.0 Å². The monoisotopic (exact) mass is 406 g/mol. The molecule has 8 nitrogen and oxygen atoms in total. The van der Waals surface area contributed by atoms with Crippen LogP contribution in [0, 0.1) is 5.92 Å². The van der Waals surface area contributed by atoms with Crippen LogP contribution in [0.1, 0.15) is 53.6 Å². The van der Waals surface area contributed by atoms with Gasteiger partial charge in [0.1, 0.15) is 0 Å². The molecule has 28 heavy (non-hydrogen) atoms. The summed E-state index contributed by atoms with van der Waals surface area (Å²) in [5.74, 6) is -0.238. The summed E-state index contributed by atoms with van der Waals surface area (Å²) in [6.45, 7) is 6.50. The number of halogens is 1. The van der Waals surface area contributed by atoms with Crippen molar-refractivity contribution in [2.45, 2.75) is 32.7 Å². The molecule has 3 N–H and O–H groups in total. The predicted octanol–water partition coefficient (Wildman–Crippen LogP) is 2.26. The Morgan fingerprint density at radius 1 is 1.21 bits per heavy atom. The van der Waals surface area contributed by atoms with Gasteiger partial charge in [-0.15, -0.1) is 17.5 Å². The van der Waals surface area contributed by atoms with Gasteiger partial charge in [-0.05, 0) is 44.0 Å². The van der Waals surface area contributed by atoms with Crippen molar-refractivity contribution in [1.82, 2.24) is 25.6 Å². The second kappa shape index (κ2) is 10.2. The van der Waals surface area contributed by atoms with E-state index >= 15 is 0 Å². The number of nitrogens with one attached hydrogen (secondary N) is 3. The van der Waals surface area contributed by atoms with Crippen LogP contribution in [0.25, 0.3) is 0 Å². The topological polar surface area (TPSA) is 101 Å². The molecule has 0 spiro atoms. The third-order valence-electron chi connectivity index (χ3n) is 4.52. The van der Waals surface area contributed by atoms with Gasteiger partial charge in [0.05, 0.1) is 23.5 Å². The first-order chi connectivity index (χ1) is 13.0. The Morgan fingerprint density at radius 3 is 2.64 bits per heavy atom. The number of carbonyl (C=O) groups is 2. The molecule has 152 valence electrons. The lowest BCUT2D eigenvalue weighted by molar-refractivity contribution is 0.0950. The molecule has 0 unspecified atom stereocenters. The minimum absolute atomic E-state index is 0. The molecule has 9 heteroatoms. The van der Waals surface area contributed by atoms with Gasteiger partial charge in [-0.1, -0.05) is 31.2 Å². The summed E-state index contributed by atoms with van der Waals surface area (Å²) >= 11 is 0. The lowest BCUT2D eigenvalue weighted by Gasteiger charge is -2.22. The zero-order chi connectivity index (χ0) is 19.2. The molecule has 2 heterocycles. The van der Waals surface area contributed by atoms with E-state index in [2.05, 4.69) is 26.3 Å². The van der Waals surface area contributed by atoms with Crippen LogP contribution in [0.4, 0.5) is 5.69 Å². The summed E-state index contributed by atoms with van der Waals surface area (Å²) in [6, 6.07) is 7.21. The fraction of sp³-hybridized carbons (Fsp3) is 0.474. The molecular formula is C19H27ClN6O2. The number of carbonyl (C=O) groups excluding carboxylic acids is 2. The first-order valence-corrected chi connectivity index (χ1v) is 9.35. The molecule has 3 rings (SSSR count). The number of benzene rings is 1. The van der Waals surface area contributed by atoms with Crippen LogP contribution in [0.3, 0.4) is 0 Å². The minimum Gasteiger partial charge on any atom is -0.352 e. The average molecular weight is 407 g/mol. The maximum Gasteiger partial charge on any atom is 0.277 e. The number of nitrogens with zero attached hydrogens (tertiary/aromatic N) is 3. The van der Waals surface area contributed by atoms with Gasteiger partial charge in [0.15, 0.2) is 5.69 Å². The molecule has 1 fully saturated rings. The molecule has 1 aromatic carbocycles. The fourth-order valence-electron chi connectivity index (χ4n) is 3.00. The van der Waals surface area contributed by atoms with Gasteiger partial charge in [0, 0.05) is 6.54 Å². The van der Waals surface area contributed by atoms with Gasteiger partial charge in [-0.2, -0.15) is 0 Å². The number of hydrogen-bond donors (Lipinski definition) is 3. The Bertz CT molecular complexity index is 801. The molecule has 1 aliphatic heterocycles. The van der Waals surface area contributed by atoms with Gasteiger partial charge < -0.3 is 16.0 Å². The quantitative estimate of drug-likeness (QED) is 0.683. The number of aromatic nitrogens is 3. The standard InChI is InChI=1S/C19H26N6O2.ClH/c1-13(2)11-21-18(26)15-5-3-4-6-16(15)22-19(27)17-12-25(24-23-17)14-7-9-20-10-8-14;/h3-6,12-14,20H,7-11H2,1-2H3,(H,21,26)(H,22,27);1H. The number of rotatable bonds is 6. The smallest absolute Gasteiger partial charge is 0.277 e. The van der Waals surface area contributed by atoms with E-state index in [1.54, 1.807) is 35.1 Å². The van der Waals surface area contributed by atoms with Crippen LogP contribution in [-0.4, -0.2) is 46.4 Å². The Hall–Kier alpha value is -2.45. The molecular weight excluding hydrogens is 380 g/mol. The first-order valence-electron chi connectivity index (χ1n) is 9.35. The number of amides is 2. The zero-order valence-corrected chi connectivity index (χ0v) is 17.0. The highest BCUT2D eigenvalue weighted by atomic mass is 35.5. The first kappa shape index (κ1) is 21.8. The zero-order valence-electron chi connectivity index (χ0n) is 16.1.